The first-order valence-electron chi connectivity index (χ1n) is 10.6. The van der Waals surface area contributed by atoms with Crippen LogP contribution in [-0.2, 0) is 17.9 Å². The predicted octanol–water partition coefficient (Wildman–Crippen LogP) is 3.44. The molecule has 35 heavy (non-hydrogen) atoms. The molecule has 0 fully saturated rings. The summed E-state index contributed by atoms with van der Waals surface area (Å²) in [7, 11) is 4.57. The van der Waals surface area contributed by atoms with Crippen molar-refractivity contribution in [2.75, 3.05) is 21.3 Å². The summed E-state index contributed by atoms with van der Waals surface area (Å²) in [6, 6.07) is 10.5. The van der Waals surface area contributed by atoms with Crippen LogP contribution in [0.1, 0.15) is 12.0 Å². The highest BCUT2D eigenvalue weighted by atomic mass is 35.5. The maximum atomic E-state index is 13.1. The van der Waals surface area contributed by atoms with Crippen molar-refractivity contribution < 1.29 is 23.5 Å². The van der Waals surface area contributed by atoms with Crippen LogP contribution in [0.2, 0.25) is 5.02 Å². The second-order valence-corrected chi connectivity index (χ2v) is 7.90. The molecule has 0 spiro atoms. The number of hydrogen-bond acceptors (Lipinski definition) is 8. The Morgan fingerprint density at radius 2 is 1.83 bits per heavy atom. The second-order valence-electron chi connectivity index (χ2n) is 7.49. The molecule has 0 saturated heterocycles. The number of carbonyl (C=O) groups excluding carboxylic acids is 1. The molecule has 4 aromatic rings. The fourth-order valence-corrected chi connectivity index (χ4v) is 3.85. The highest BCUT2D eigenvalue weighted by molar-refractivity contribution is 6.33. The van der Waals surface area contributed by atoms with Gasteiger partial charge in [-0.1, -0.05) is 35.0 Å². The Kier molecular flexibility index (Phi) is 7.21. The third-order valence-electron chi connectivity index (χ3n) is 5.39. The first kappa shape index (κ1) is 24.1. The molecule has 2 aromatic carbocycles. The number of halogens is 1. The summed E-state index contributed by atoms with van der Waals surface area (Å²) in [5.74, 6) is 1.20. The Bertz CT molecular complexity index is 1410. The molecule has 10 nitrogen and oxygen atoms in total. The van der Waals surface area contributed by atoms with E-state index in [1.54, 1.807) is 36.4 Å². The highest BCUT2D eigenvalue weighted by Crippen LogP contribution is 2.38. The molecule has 2 aromatic heterocycles. The van der Waals surface area contributed by atoms with Crippen LogP contribution in [0.15, 0.2) is 52.0 Å². The topological polar surface area (TPSA) is 118 Å². The van der Waals surface area contributed by atoms with Crippen LogP contribution in [0.3, 0.4) is 0 Å². The molecule has 0 atom stereocenters. The minimum atomic E-state index is -0.372. The van der Waals surface area contributed by atoms with Gasteiger partial charge in [0.2, 0.25) is 11.7 Å². The SMILES string of the molecule is COc1cc(CNC(=O)CCn2cnc3onc(-c4ccccc4Cl)c3c2=O)cc(OC)c1OC. The lowest BCUT2D eigenvalue weighted by Crippen LogP contribution is -2.27. The van der Waals surface area contributed by atoms with Crippen LogP contribution in [0.4, 0.5) is 0 Å². The van der Waals surface area contributed by atoms with Crippen molar-refractivity contribution in [2.24, 2.45) is 0 Å². The van der Waals surface area contributed by atoms with Crippen LogP contribution < -0.4 is 25.1 Å². The molecule has 4 rings (SSSR count). The zero-order valence-corrected chi connectivity index (χ0v) is 20.1. The lowest BCUT2D eigenvalue weighted by molar-refractivity contribution is -0.121. The van der Waals surface area contributed by atoms with Gasteiger partial charge in [-0.15, -0.1) is 0 Å². The number of nitrogens with zero attached hydrogens (tertiary/aromatic N) is 3. The number of aromatic nitrogens is 3. The molecule has 0 radical (unpaired) electrons. The van der Waals surface area contributed by atoms with Gasteiger partial charge in [0, 0.05) is 25.1 Å². The average molecular weight is 499 g/mol. The largest absolute Gasteiger partial charge is 0.493 e. The Labute approximate surface area is 205 Å². The Morgan fingerprint density at radius 3 is 2.49 bits per heavy atom. The maximum absolute atomic E-state index is 13.1. The number of methoxy groups -OCH3 is 3. The van der Waals surface area contributed by atoms with Crippen molar-refractivity contribution in [3.05, 3.63) is 63.7 Å². The van der Waals surface area contributed by atoms with Crippen molar-refractivity contribution in [2.45, 2.75) is 19.5 Å². The lowest BCUT2D eigenvalue weighted by atomic mass is 10.1. The van der Waals surface area contributed by atoms with E-state index in [0.29, 0.717) is 33.5 Å². The van der Waals surface area contributed by atoms with Gasteiger partial charge < -0.3 is 24.1 Å². The van der Waals surface area contributed by atoms with E-state index in [2.05, 4.69) is 15.5 Å². The van der Waals surface area contributed by atoms with Gasteiger partial charge in [-0.3, -0.25) is 14.2 Å². The fraction of sp³-hybridized carbons (Fsp3) is 0.250. The molecule has 1 amide bonds. The number of ether oxygens (including phenoxy) is 3. The molecule has 1 N–H and O–H groups in total. The van der Waals surface area contributed by atoms with Crippen molar-refractivity contribution in [3.63, 3.8) is 0 Å². The maximum Gasteiger partial charge on any atom is 0.266 e. The van der Waals surface area contributed by atoms with E-state index in [4.69, 9.17) is 30.3 Å². The van der Waals surface area contributed by atoms with Gasteiger partial charge in [-0.05, 0) is 23.8 Å². The third-order valence-corrected chi connectivity index (χ3v) is 5.72. The summed E-state index contributed by atoms with van der Waals surface area (Å²) < 4.78 is 22.6. The van der Waals surface area contributed by atoms with E-state index < -0.39 is 0 Å². The molecule has 0 aliphatic carbocycles. The minimum Gasteiger partial charge on any atom is -0.493 e. The quantitative estimate of drug-likeness (QED) is 0.373. The second kappa shape index (κ2) is 10.5. The van der Waals surface area contributed by atoms with Crippen LogP contribution in [0, 0.1) is 0 Å². The van der Waals surface area contributed by atoms with Crippen molar-refractivity contribution >= 4 is 28.6 Å². The Morgan fingerprint density at radius 1 is 1.11 bits per heavy atom. The Hall–Kier alpha value is -4.05. The standard InChI is InChI=1S/C24H23ClN4O6/c1-32-17-10-14(11-18(33-2)22(17)34-3)12-26-19(30)8-9-29-13-27-23-20(24(29)31)21(28-35-23)15-6-4-5-7-16(15)25/h4-7,10-11,13H,8-9,12H2,1-3H3,(H,26,30). The van der Waals surface area contributed by atoms with Gasteiger partial charge in [-0.2, -0.15) is 0 Å². The lowest BCUT2D eigenvalue weighted by Gasteiger charge is -2.14. The van der Waals surface area contributed by atoms with Gasteiger partial charge in [0.05, 0.1) is 26.4 Å². The van der Waals surface area contributed by atoms with Crippen LogP contribution in [0.25, 0.3) is 22.4 Å². The smallest absolute Gasteiger partial charge is 0.266 e. The molecular formula is C24H23ClN4O6. The molecule has 0 aliphatic heterocycles. The molecule has 0 saturated carbocycles. The molecule has 0 unspecified atom stereocenters. The van der Waals surface area contributed by atoms with E-state index in [-0.39, 0.29) is 42.1 Å². The molecule has 11 heteroatoms. The summed E-state index contributed by atoms with van der Waals surface area (Å²) in [5.41, 5.74) is 1.37. The Balaban J connectivity index is 1.47. The number of aryl methyl sites for hydroxylation is 1. The number of amides is 1. The van der Waals surface area contributed by atoms with Gasteiger partial charge in [0.15, 0.2) is 11.5 Å². The monoisotopic (exact) mass is 498 g/mol. The van der Waals surface area contributed by atoms with Crippen molar-refractivity contribution in [3.8, 4) is 28.5 Å². The summed E-state index contributed by atoms with van der Waals surface area (Å²) >= 11 is 6.26. The number of nitrogens with one attached hydrogen (secondary N) is 1. The summed E-state index contributed by atoms with van der Waals surface area (Å²) in [5, 5.41) is 7.45. The van der Waals surface area contributed by atoms with E-state index in [9.17, 15) is 9.59 Å². The highest BCUT2D eigenvalue weighted by Gasteiger charge is 2.19. The number of rotatable bonds is 9. The van der Waals surface area contributed by atoms with Crippen molar-refractivity contribution in [1.82, 2.24) is 20.0 Å². The zero-order valence-electron chi connectivity index (χ0n) is 19.3. The molecule has 182 valence electrons. The molecule has 0 aliphatic rings. The van der Waals surface area contributed by atoms with Gasteiger partial charge in [0.25, 0.3) is 11.3 Å². The third kappa shape index (κ3) is 4.92. The fourth-order valence-electron chi connectivity index (χ4n) is 3.63. The van der Waals surface area contributed by atoms with Crippen molar-refractivity contribution in [1.29, 1.82) is 0 Å². The number of hydrogen-bond donors (Lipinski definition) is 1. The van der Waals surface area contributed by atoms with E-state index >= 15 is 0 Å². The first-order chi connectivity index (χ1) is 17.0. The van der Waals surface area contributed by atoms with Crippen LogP contribution in [-0.4, -0.2) is 41.9 Å². The average Bonchev–Trinajstić information content (AvgIpc) is 3.31. The van der Waals surface area contributed by atoms with Crippen LogP contribution >= 0.6 is 11.6 Å². The number of benzene rings is 2. The zero-order chi connectivity index (χ0) is 24.9. The number of carbonyl (C=O) groups is 1. The predicted molar refractivity (Wildman–Crippen MR) is 129 cm³/mol. The van der Waals surface area contributed by atoms with E-state index in [1.807, 2.05) is 0 Å². The van der Waals surface area contributed by atoms with Gasteiger partial charge in [-0.25, -0.2) is 4.98 Å². The van der Waals surface area contributed by atoms with Crippen LogP contribution in [0.5, 0.6) is 17.2 Å². The first-order valence-corrected chi connectivity index (χ1v) is 11.0. The number of fused-ring (bicyclic) bond motifs is 1. The van der Waals surface area contributed by atoms with Gasteiger partial charge >= 0.3 is 0 Å². The molecule has 0 bridgehead atoms. The van der Waals surface area contributed by atoms with E-state index in [1.165, 1.54) is 32.2 Å². The molecule has 2 heterocycles. The van der Waals surface area contributed by atoms with E-state index in [0.717, 1.165) is 5.56 Å². The normalized spacial score (nSPS) is 10.9. The summed E-state index contributed by atoms with van der Waals surface area (Å²) in [6.07, 6.45) is 1.39. The summed E-state index contributed by atoms with van der Waals surface area (Å²) in [4.78, 5) is 29.8. The molecular weight excluding hydrogens is 476 g/mol. The van der Waals surface area contributed by atoms with Gasteiger partial charge in [0.1, 0.15) is 17.4 Å². The minimum absolute atomic E-state index is 0.0597. The summed E-state index contributed by atoms with van der Waals surface area (Å²) in [6.45, 7) is 0.361.